The summed E-state index contributed by atoms with van der Waals surface area (Å²) in [5, 5.41) is 9.06. The molecule has 0 N–H and O–H groups in total. The van der Waals surface area contributed by atoms with Crippen LogP contribution in [-0.4, -0.2) is 72.8 Å². The molecule has 9 heteroatoms. The molecule has 1 saturated heterocycles. The molecule has 174 valence electrons. The van der Waals surface area contributed by atoms with E-state index < -0.39 is 0 Å². The van der Waals surface area contributed by atoms with E-state index in [0.29, 0.717) is 17.3 Å². The number of pyridine rings is 3. The Hall–Kier alpha value is -3.72. The predicted octanol–water partition coefficient (Wildman–Crippen LogP) is 2.78. The van der Waals surface area contributed by atoms with Crippen molar-refractivity contribution in [3.63, 3.8) is 0 Å². The summed E-state index contributed by atoms with van der Waals surface area (Å²) >= 11 is 0. The van der Waals surface area contributed by atoms with Crippen LogP contribution in [0.4, 0.5) is 5.82 Å². The van der Waals surface area contributed by atoms with Gasteiger partial charge in [0, 0.05) is 73.9 Å². The normalized spacial score (nSPS) is 14.8. The summed E-state index contributed by atoms with van der Waals surface area (Å²) in [6, 6.07) is 8.16. The van der Waals surface area contributed by atoms with E-state index in [1.807, 2.05) is 31.4 Å². The van der Waals surface area contributed by atoms with Crippen LogP contribution in [0, 0.1) is 0 Å². The quantitative estimate of drug-likeness (QED) is 0.409. The lowest BCUT2D eigenvalue weighted by Crippen LogP contribution is -2.49. The van der Waals surface area contributed by atoms with Gasteiger partial charge in [0.15, 0.2) is 5.78 Å². The molecular weight excluding hydrogens is 428 g/mol. The molecule has 1 fully saturated rings. The number of nitrogens with zero attached hydrogens (tertiary/aromatic N) is 8. The molecule has 1 aliphatic rings. The van der Waals surface area contributed by atoms with Crippen molar-refractivity contribution in [3.05, 3.63) is 60.3 Å². The van der Waals surface area contributed by atoms with E-state index in [1.165, 1.54) is 0 Å². The number of rotatable bonds is 6. The zero-order chi connectivity index (χ0) is 23.7. The Balaban J connectivity index is 1.32. The second-order valence-electron chi connectivity index (χ2n) is 8.99. The number of Topliss-reactive ketones (excluding diaryl/α,β-unsaturated/α-hetero) is 1. The number of hydrogen-bond acceptors (Lipinski definition) is 8. The molecule has 0 radical (unpaired) electrons. The minimum atomic E-state index is 0.0226. The number of aryl methyl sites for hydroxylation is 1. The van der Waals surface area contributed by atoms with Crippen molar-refractivity contribution in [3.8, 4) is 11.3 Å². The molecule has 1 aliphatic heterocycles. The van der Waals surface area contributed by atoms with Gasteiger partial charge >= 0.3 is 0 Å². The van der Waals surface area contributed by atoms with Gasteiger partial charge in [-0.1, -0.05) is 5.21 Å². The molecule has 4 aromatic heterocycles. The first kappa shape index (κ1) is 22.1. The molecule has 0 spiro atoms. The Morgan fingerprint density at radius 2 is 1.85 bits per heavy atom. The number of hydrogen-bond donors (Lipinski definition) is 0. The lowest BCUT2D eigenvalue weighted by Gasteiger charge is -2.37. The van der Waals surface area contributed by atoms with Crippen LogP contribution < -0.4 is 4.90 Å². The van der Waals surface area contributed by atoms with Crippen molar-refractivity contribution in [2.45, 2.75) is 26.3 Å². The van der Waals surface area contributed by atoms with Crippen molar-refractivity contribution < 1.29 is 4.79 Å². The highest BCUT2D eigenvalue weighted by molar-refractivity contribution is 5.98. The summed E-state index contributed by atoms with van der Waals surface area (Å²) in [6.07, 6.45) is 7.26. The second kappa shape index (κ2) is 9.26. The van der Waals surface area contributed by atoms with E-state index >= 15 is 0 Å². The average Bonchev–Trinajstić information content (AvgIpc) is 3.30. The van der Waals surface area contributed by atoms with Crippen molar-refractivity contribution in [2.75, 3.05) is 31.1 Å². The molecule has 0 aromatic carbocycles. The van der Waals surface area contributed by atoms with Crippen LogP contribution in [0.3, 0.4) is 0 Å². The maximum Gasteiger partial charge on any atom is 0.169 e. The summed E-state index contributed by atoms with van der Waals surface area (Å²) in [5.74, 6) is 0.882. The van der Waals surface area contributed by atoms with Crippen LogP contribution in [0.25, 0.3) is 22.2 Å². The Bertz CT molecular complexity index is 1320. The lowest BCUT2D eigenvalue weighted by atomic mass is 10.1. The summed E-state index contributed by atoms with van der Waals surface area (Å²) in [5.41, 5.74) is 3.77. The largest absolute Gasteiger partial charge is 0.354 e. The van der Waals surface area contributed by atoms with Crippen molar-refractivity contribution in [2.24, 2.45) is 7.05 Å². The Morgan fingerprint density at radius 3 is 2.59 bits per heavy atom. The van der Waals surface area contributed by atoms with Gasteiger partial charge in [0.05, 0.1) is 24.3 Å². The molecule has 34 heavy (non-hydrogen) atoms. The van der Waals surface area contributed by atoms with Crippen LogP contribution in [0.1, 0.15) is 29.9 Å². The van der Waals surface area contributed by atoms with Gasteiger partial charge in [0.1, 0.15) is 11.5 Å². The summed E-state index contributed by atoms with van der Waals surface area (Å²) in [6.45, 7) is 8.28. The summed E-state index contributed by atoms with van der Waals surface area (Å²) in [4.78, 5) is 31.3. The van der Waals surface area contributed by atoms with Gasteiger partial charge in [0.2, 0.25) is 0 Å². The Morgan fingerprint density at radius 1 is 1.03 bits per heavy atom. The fraction of sp³-hybridized carbons (Fsp3) is 0.360. The number of piperazine rings is 1. The van der Waals surface area contributed by atoms with Crippen LogP contribution in [0.5, 0.6) is 0 Å². The first-order valence-corrected chi connectivity index (χ1v) is 11.6. The van der Waals surface area contributed by atoms with E-state index in [-0.39, 0.29) is 12.2 Å². The van der Waals surface area contributed by atoms with Crippen LogP contribution >= 0.6 is 0 Å². The zero-order valence-electron chi connectivity index (χ0n) is 19.7. The number of fused-ring (bicyclic) bond motifs is 1. The van der Waals surface area contributed by atoms with Gasteiger partial charge in [-0.25, -0.2) is 4.98 Å². The SMILES string of the molecule is CC(C)N1CCN(c2cc(C(=O)Cc3cc4cc(-c5cn(C)nn5)cnc4cn3)ccn2)CC1. The molecule has 0 bridgehead atoms. The molecular formula is C25H28N8O. The molecule has 0 unspecified atom stereocenters. The molecule has 9 nitrogen and oxygen atoms in total. The molecule has 5 heterocycles. The molecule has 0 saturated carbocycles. The minimum Gasteiger partial charge on any atom is -0.354 e. The van der Waals surface area contributed by atoms with Crippen LogP contribution in [0.2, 0.25) is 0 Å². The molecule has 0 atom stereocenters. The van der Waals surface area contributed by atoms with Crippen molar-refractivity contribution in [1.82, 2.24) is 34.8 Å². The first-order chi connectivity index (χ1) is 16.5. The lowest BCUT2D eigenvalue weighted by molar-refractivity contribution is 0.0992. The molecule has 0 amide bonds. The maximum absolute atomic E-state index is 13.1. The number of carbonyl (C=O) groups excluding carboxylic acids is 1. The molecule has 4 aromatic rings. The van der Waals surface area contributed by atoms with Gasteiger partial charge in [-0.05, 0) is 38.1 Å². The van der Waals surface area contributed by atoms with Crippen LogP contribution in [0.15, 0.2) is 49.1 Å². The third-order valence-corrected chi connectivity index (χ3v) is 6.30. The highest BCUT2D eigenvalue weighted by atomic mass is 16.1. The smallest absolute Gasteiger partial charge is 0.169 e. The minimum absolute atomic E-state index is 0.0226. The predicted molar refractivity (Wildman–Crippen MR) is 131 cm³/mol. The monoisotopic (exact) mass is 456 g/mol. The van der Waals surface area contributed by atoms with Crippen molar-refractivity contribution in [1.29, 1.82) is 0 Å². The van der Waals surface area contributed by atoms with E-state index in [1.54, 1.807) is 29.3 Å². The summed E-state index contributed by atoms with van der Waals surface area (Å²) in [7, 11) is 1.83. The van der Waals surface area contributed by atoms with E-state index in [9.17, 15) is 4.79 Å². The highest BCUT2D eigenvalue weighted by Gasteiger charge is 2.20. The molecule has 0 aliphatic carbocycles. The standard InChI is InChI=1S/C25H28N8O/c1-17(2)32-6-8-33(9-7-32)25-12-18(4-5-26-25)24(34)13-21-11-19-10-20(14-28-22(19)15-27-21)23-16-31(3)30-29-23/h4-5,10-12,14-17H,6-9,13H2,1-3H3. The van der Waals surface area contributed by atoms with E-state index in [4.69, 9.17) is 0 Å². The van der Waals surface area contributed by atoms with Gasteiger partial charge in [-0.2, -0.15) is 0 Å². The number of carbonyl (C=O) groups is 1. The topological polar surface area (TPSA) is 92.9 Å². The number of anilines is 1. The van der Waals surface area contributed by atoms with Gasteiger partial charge < -0.3 is 4.90 Å². The van der Waals surface area contributed by atoms with Gasteiger partial charge in [-0.15, -0.1) is 5.10 Å². The number of ketones is 1. The number of aromatic nitrogens is 6. The highest BCUT2D eigenvalue weighted by Crippen LogP contribution is 2.22. The zero-order valence-corrected chi connectivity index (χ0v) is 19.7. The first-order valence-electron chi connectivity index (χ1n) is 11.6. The Labute approximate surface area is 198 Å². The third-order valence-electron chi connectivity index (χ3n) is 6.30. The fourth-order valence-corrected chi connectivity index (χ4v) is 4.29. The van der Waals surface area contributed by atoms with Crippen molar-refractivity contribution >= 4 is 22.5 Å². The second-order valence-corrected chi connectivity index (χ2v) is 8.99. The average molecular weight is 457 g/mol. The molecule has 5 rings (SSSR count). The van der Waals surface area contributed by atoms with E-state index in [2.05, 4.69) is 48.9 Å². The van der Waals surface area contributed by atoms with Gasteiger partial charge in [-0.3, -0.25) is 24.3 Å². The summed E-state index contributed by atoms with van der Waals surface area (Å²) < 4.78 is 1.66. The van der Waals surface area contributed by atoms with Crippen LogP contribution in [-0.2, 0) is 13.5 Å². The van der Waals surface area contributed by atoms with Gasteiger partial charge in [0.25, 0.3) is 0 Å². The Kier molecular flexibility index (Phi) is 6.02. The fourth-order valence-electron chi connectivity index (χ4n) is 4.29. The maximum atomic E-state index is 13.1. The third kappa shape index (κ3) is 4.65. The van der Waals surface area contributed by atoms with E-state index in [0.717, 1.165) is 54.2 Å².